The molecule has 7 aromatic rings. The zero-order chi connectivity index (χ0) is 34.1. The van der Waals surface area contributed by atoms with Crippen LogP contribution in [0.2, 0.25) is 0 Å². The molecule has 49 heavy (non-hydrogen) atoms. The number of benzene rings is 4. The van der Waals surface area contributed by atoms with Crippen LogP contribution in [-0.4, -0.2) is 15.2 Å². The number of rotatable bonds is 4. The van der Waals surface area contributed by atoms with E-state index in [-0.39, 0.29) is 36.7 Å². The van der Waals surface area contributed by atoms with Crippen LogP contribution < -0.4 is 0 Å². The van der Waals surface area contributed by atoms with Gasteiger partial charge in [-0.2, -0.15) is 0 Å². The summed E-state index contributed by atoms with van der Waals surface area (Å²) in [4.78, 5) is 7.54. The molecule has 0 aliphatic rings. The minimum Gasteiger partial charge on any atom is -0.508 e. The Morgan fingerprint density at radius 1 is 0.571 bits per heavy atom. The number of aromatic hydroxyl groups is 2. The Kier molecular flexibility index (Phi) is 9.32. The van der Waals surface area contributed by atoms with E-state index < -0.39 is 0 Å². The fourth-order valence-electron chi connectivity index (χ4n) is 6.76. The molecule has 6 heteroatoms. The number of thiophene rings is 2. The summed E-state index contributed by atoms with van der Waals surface area (Å²) >= 11 is 3.44. The Bertz CT molecular complexity index is 2370. The topological polar surface area (TPSA) is 53.4 Å². The molecule has 0 atom stereocenters. The number of pyridine rings is 1. The van der Waals surface area contributed by atoms with Crippen LogP contribution in [0.15, 0.2) is 91.0 Å². The van der Waals surface area contributed by atoms with Crippen molar-refractivity contribution in [2.45, 2.75) is 66.2 Å². The number of phenolic OH excluding ortho intramolecular Hbond substituents is 2. The molecule has 0 saturated carbocycles. The second-order valence-electron chi connectivity index (χ2n) is 14.9. The second kappa shape index (κ2) is 12.9. The third-order valence-corrected chi connectivity index (χ3v) is 11.6. The number of hydrogen-bond acceptors (Lipinski definition) is 5. The first-order valence-corrected chi connectivity index (χ1v) is 18.1. The van der Waals surface area contributed by atoms with Crippen LogP contribution in [0, 0.1) is 13.8 Å². The zero-order valence-electron chi connectivity index (χ0n) is 29.3. The van der Waals surface area contributed by atoms with E-state index in [1.807, 2.05) is 6.07 Å². The minimum absolute atomic E-state index is 0. The molecule has 3 aromatic heterocycles. The van der Waals surface area contributed by atoms with Crippen LogP contribution in [0.1, 0.15) is 63.8 Å². The van der Waals surface area contributed by atoms with Gasteiger partial charge in [0.2, 0.25) is 0 Å². The summed E-state index contributed by atoms with van der Waals surface area (Å²) < 4.78 is 2.33. The second-order valence-corrected chi connectivity index (χ2v) is 17.0. The van der Waals surface area contributed by atoms with Gasteiger partial charge in [0, 0.05) is 78.0 Å². The molecule has 2 N–H and O–H groups in total. The first kappa shape index (κ1) is 35.3. The van der Waals surface area contributed by atoms with E-state index in [0.717, 1.165) is 81.1 Å². The third-order valence-electron chi connectivity index (χ3n) is 9.15. The van der Waals surface area contributed by atoms with Crippen LogP contribution >= 0.6 is 22.7 Å². The van der Waals surface area contributed by atoms with Gasteiger partial charge in [0.1, 0.15) is 11.5 Å². The summed E-state index contributed by atoms with van der Waals surface area (Å²) in [5.41, 5.74) is 9.43. The molecule has 0 aliphatic heterocycles. The fraction of sp³-hybridized carbons (Fsp3) is 0.233. The van der Waals surface area contributed by atoms with Gasteiger partial charge in [-0.15, -0.1) is 22.7 Å². The van der Waals surface area contributed by atoms with Crippen molar-refractivity contribution in [1.29, 1.82) is 0 Å². The van der Waals surface area contributed by atoms with E-state index >= 15 is 0 Å². The van der Waals surface area contributed by atoms with E-state index in [1.54, 1.807) is 22.7 Å². The van der Waals surface area contributed by atoms with Gasteiger partial charge in [0.05, 0.1) is 11.4 Å². The van der Waals surface area contributed by atoms with Crippen molar-refractivity contribution in [2.24, 2.45) is 0 Å². The Morgan fingerprint density at radius 3 is 1.61 bits per heavy atom. The van der Waals surface area contributed by atoms with E-state index in [4.69, 9.17) is 4.98 Å². The first-order valence-electron chi connectivity index (χ1n) is 16.4. The number of aryl methyl sites for hydroxylation is 2. The number of phenols is 2. The molecule has 0 spiro atoms. The van der Waals surface area contributed by atoms with Crippen LogP contribution in [0.4, 0.5) is 0 Å². The van der Waals surface area contributed by atoms with Crippen molar-refractivity contribution in [3.63, 3.8) is 0 Å². The maximum atomic E-state index is 11.8. The number of fused-ring (bicyclic) bond motifs is 2. The summed E-state index contributed by atoms with van der Waals surface area (Å²) in [5, 5.41) is 25.3. The molecule has 4 aromatic carbocycles. The van der Waals surface area contributed by atoms with Crippen LogP contribution in [0.5, 0.6) is 11.5 Å². The van der Waals surface area contributed by atoms with Gasteiger partial charge in [0.15, 0.2) is 0 Å². The molecule has 3 heterocycles. The number of nitrogens with zero attached hydrogens (tertiary/aromatic N) is 1. The summed E-state index contributed by atoms with van der Waals surface area (Å²) in [6.45, 7) is 17.0. The molecule has 0 unspecified atom stereocenters. The standard InChI is InChI=1S/C43H41NO2S2.Hf/c1-24-20-29(39(46)31(21-24)43(6,7)8)41-38(27-15-10-12-19-36(27)48-41)33-17-13-16-32(44-33)37-26-14-9-11-18-35(26)47-40(37)28-23-34(45)30(22-25(28)2)42(3,4)5;/h9-23,45-46H,1-8H3;. The normalized spacial score (nSPS) is 12.1. The maximum absolute atomic E-state index is 11.8. The summed E-state index contributed by atoms with van der Waals surface area (Å²) in [6.07, 6.45) is 0. The predicted molar refractivity (Wildman–Crippen MR) is 207 cm³/mol. The molecule has 3 nitrogen and oxygen atoms in total. The summed E-state index contributed by atoms with van der Waals surface area (Å²) in [5.74, 6) is 0.646. The number of hydrogen-bond donors (Lipinski definition) is 2. The zero-order valence-corrected chi connectivity index (χ0v) is 34.5. The molecule has 7 rings (SSSR count). The Morgan fingerprint density at radius 2 is 1.08 bits per heavy atom. The monoisotopic (exact) mass is 847 g/mol. The molecular formula is C43H41HfNO2S2. The number of aromatic nitrogens is 1. The van der Waals surface area contributed by atoms with Gasteiger partial charge < -0.3 is 10.2 Å². The molecule has 0 aliphatic carbocycles. The van der Waals surface area contributed by atoms with Gasteiger partial charge >= 0.3 is 0 Å². The molecule has 246 valence electrons. The van der Waals surface area contributed by atoms with Gasteiger partial charge in [0.25, 0.3) is 0 Å². The fourth-order valence-corrected chi connectivity index (χ4v) is 9.28. The predicted octanol–water partition coefficient (Wildman–Crippen LogP) is 12.8. The molecular weight excluding hydrogens is 805 g/mol. The smallest absolute Gasteiger partial charge is 0.127 e. The quantitative estimate of drug-likeness (QED) is 0.174. The van der Waals surface area contributed by atoms with Crippen LogP contribution in [0.25, 0.3) is 63.6 Å². The van der Waals surface area contributed by atoms with Crippen molar-refractivity contribution < 1.29 is 36.1 Å². The van der Waals surface area contributed by atoms with Gasteiger partial charge in [-0.05, 0) is 83.3 Å². The molecule has 0 fully saturated rings. The van der Waals surface area contributed by atoms with Crippen molar-refractivity contribution in [2.75, 3.05) is 0 Å². The molecule has 0 bridgehead atoms. The average molecular weight is 846 g/mol. The Balaban J connectivity index is 0.00000417. The van der Waals surface area contributed by atoms with E-state index in [1.165, 1.54) is 4.70 Å². The van der Waals surface area contributed by atoms with E-state index in [2.05, 4.69) is 140 Å². The molecule has 0 radical (unpaired) electrons. The van der Waals surface area contributed by atoms with Gasteiger partial charge in [-0.3, -0.25) is 0 Å². The summed E-state index contributed by atoms with van der Waals surface area (Å²) in [7, 11) is 0. The first-order chi connectivity index (χ1) is 22.7. The van der Waals surface area contributed by atoms with Crippen LogP contribution in [0.3, 0.4) is 0 Å². The SMILES string of the molecule is Cc1cc(-c2sc3ccccc3c2-c2cccc(-c3c(-c4cc(O)c(C(C)(C)C)cc4C)sc4ccccc34)n2)c(O)c(C(C)(C)C)c1.[Hf]. The van der Waals surface area contributed by atoms with Crippen LogP contribution in [-0.2, 0) is 36.7 Å². The van der Waals surface area contributed by atoms with Crippen molar-refractivity contribution >= 4 is 42.8 Å². The van der Waals surface area contributed by atoms with Crippen molar-refractivity contribution in [3.05, 3.63) is 113 Å². The Hall–Kier alpha value is -3.58. The summed E-state index contributed by atoms with van der Waals surface area (Å²) in [6, 6.07) is 31.5. The largest absolute Gasteiger partial charge is 0.508 e. The molecule has 0 amide bonds. The minimum atomic E-state index is -0.214. The average Bonchev–Trinajstić information content (AvgIpc) is 3.61. The van der Waals surface area contributed by atoms with Crippen molar-refractivity contribution in [1.82, 2.24) is 4.98 Å². The van der Waals surface area contributed by atoms with E-state index in [0.29, 0.717) is 11.5 Å². The third kappa shape index (κ3) is 6.32. The van der Waals surface area contributed by atoms with Crippen molar-refractivity contribution in [3.8, 4) is 54.9 Å². The van der Waals surface area contributed by atoms with Gasteiger partial charge in [-0.1, -0.05) is 96.1 Å². The maximum Gasteiger partial charge on any atom is 0.127 e. The van der Waals surface area contributed by atoms with E-state index in [9.17, 15) is 10.2 Å². The molecule has 0 saturated heterocycles. The van der Waals surface area contributed by atoms with Gasteiger partial charge in [-0.25, -0.2) is 4.98 Å². The Labute approximate surface area is 316 Å².